The highest BCUT2D eigenvalue weighted by atomic mass is 33.1. The van der Waals surface area contributed by atoms with Gasteiger partial charge in [-0.1, -0.05) is 39.0 Å². The Hall–Kier alpha value is 0.220. The van der Waals surface area contributed by atoms with Gasteiger partial charge >= 0.3 is 9.15 Å². The summed E-state index contributed by atoms with van der Waals surface area (Å²) < 4.78 is 29.4. The summed E-state index contributed by atoms with van der Waals surface area (Å²) >= 11 is 0. The van der Waals surface area contributed by atoms with E-state index < -0.39 is 9.15 Å². The molecule has 0 heterocycles. The first-order valence-electron chi connectivity index (χ1n) is 7.30. The summed E-state index contributed by atoms with van der Waals surface area (Å²) in [5.41, 5.74) is 0. The first-order valence-corrected chi connectivity index (χ1v) is 10.2. The van der Waals surface area contributed by atoms with Crippen LogP contribution in [0.2, 0.25) is 0 Å². The normalized spacial score (nSPS) is 24.5. The first-order chi connectivity index (χ1) is 8.97. The fourth-order valence-corrected chi connectivity index (χ4v) is 4.17. The van der Waals surface area contributed by atoms with E-state index in [-0.39, 0.29) is 0 Å². The van der Waals surface area contributed by atoms with E-state index in [1.54, 1.807) is 0 Å². The molecule has 2 atom stereocenters. The van der Waals surface area contributed by atoms with Gasteiger partial charge in [0.2, 0.25) is 0 Å². The molecule has 1 aliphatic carbocycles. The molecule has 4 nitrogen and oxygen atoms in total. The molecule has 0 radical (unpaired) electrons. The zero-order valence-electron chi connectivity index (χ0n) is 11.8. The van der Waals surface area contributed by atoms with Crippen molar-refractivity contribution in [3.8, 4) is 0 Å². The molecule has 114 valence electrons. The molecule has 1 rings (SSSR count). The standard InChI is InChI=1S/C13H27NO3S2/c1-12-5-4-7-13(11-12)6-2-3-8-14-9-10-18-19(15,16)17/h12-14H,2-11H2,1H3,(H,15,16,17). The van der Waals surface area contributed by atoms with E-state index in [0.717, 1.165) is 24.8 Å². The van der Waals surface area contributed by atoms with Gasteiger partial charge in [-0.05, 0) is 42.0 Å². The van der Waals surface area contributed by atoms with Crippen molar-refractivity contribution in [3.63, 3.8) is 0 Å². The lowest BCUT2D eigenvalue weighted by molar-refractivity contribution is 0.264. The van der Waals surface area contributed by atoms with Gasteiger partial charge < -0.3 is 5.32 Å². The third-order valence-corrected chi connectivity index (χ3v) is 5.83. The highest BCUT2D eigenvalue weighted by molar-refractivity contribution is 8.69. The summed E-state index contributed by atoms with van der Waals surface area (Å²) in [7, 11) is -3.28. The Labute approximate surface area is 121 Å². The van der Waals surface area contributed by atoms with Crippen LogP contribution in [0.5, 0.6) is 0 Å². The molecule has 0 saturated heterocycles. The predicted octanol–water partition coefficient (Wildman–Crippen LogP) is 3.11. The maximum Gasteiger partial charge on any atom is 0.319 e. The Kier molecular flexibility index (Phi) is 8.37. The van der Waals surface area contributed by atoms with E-state index in [0.29, 0.717) is 23.1 Å². The van der Waals surface area contributed by atoms with Crippen LogP contribution in [0.3, 0.4) is 0 Å². The maximum atomic E-state index is 10.5. The van der Waals surface area contributed by atoms with Crippen molar-refractivity contribution < 1.29 is 13.0 Å². The third-order valence-electron chi connectivity index (χ3n) is 3.77. The van der Waals surface area contributed by atoms with Crippen LogP contribution in [0, 0.1) is 11.8 Å². The maximum absolute atomic E-state index is 10.5. The molecule has 0 spiro atoms. The van der Waals surface area contributed by atoms with Crippen LogP contribution in [0.25, 0.3) is 0 Å². The minimum atomic E-state index is -3.86. The van der Waals surface area contributed by atoms with Gasteiger partial charge in [-0.3, -0.25) is 4.55 Å². The van der Waals surface area contributed by atoms with E-state index in [9.17, 15) is 8.42 Å². The van der Waals surface area contributed by atoms with Crippen LogP contribution in [0.4, 0.5) is 0 Å². The lowest BCUT2D eigenvalue weighted by atomic mass is 9.80. The second-order valence-corrected chi connectivity index (χ2v) is 9.10. The molecule has 19 heavy (non-hydrogen) atoms. The Morgan fingerprint density at radius 1 is 1.26 bits per heavy atom. The van der Waals surface area contributed by atoms with Crippen molar-refractivity contribution in [2.24, 2.45) is 11.8 Å². The van der Waals surface area contributed by atoms with Crippen molar-refractivity contribution in [2.45, 2.75) is 51.9 Å². The Morgan fingerprint density at radius 3 is 2.74 bits per heavy atom. The van der Waals surface area contributed by atoms with Gasteiger partial charge in [0.05, 0.1) is 0 Å². The lowest BCUT2D eigenvalue weighted by Crippen LogP contribution is -2.19. The van der Waals surface area contributed by atoms with E-state index >= 15 is 0 Å². The molecule has 1 aliphatic rings. The molecule has 0 bridgehead atoms. The quantitative estimate of drug-likeness (QED) is 0.389. The number of hydrogen-bond acceptors (Lipinski definition) is 4. The number of nitrogens with one attached hydrogen (secondary N) is 1. The van der Waals surface area contributed by atoms with Crippen LogP contribution in [-0.2, 0) is 9.15 Å². The van der Waals surface area contributed by atoms with Gasteiger partial charge in [-0.25, -0.2) is 0 Å². The van der Waals surface area contributed by atoms with Gasteiger partial charge in [0.15, 0.2) is 0 Å². The molecule has 0 aromatic carbocycles. The van der Waals surface area contributed by atoms with Crippen LogP contribution >= 0.6 is 10.8 Å². The monoisotopic (exact) mass is 309 g/mol. The van der Waals surface area contributed by atoms with Crippen LogP contribution < -0.4 is 5.32 Å². The van der Waals surface area contributed by atoms with Gasteiger partial charge in [-0.2, -0.15) is 8.42 Å². The van der Waals surface area contributed by atoms with Gasteiger partial charge in [0.25, 0.3) is 0 Å². The summed E-state index contributed by atoms with van der Waals surface area (Å²) in [4.78, 5) is 0. The number of hydrogen-bond donors (Lipinski definition) is 2. The second-order valence-electron chi connectivity index (χ2n) is 5.63. The van der Waals surface area contributed by atoms with Gasteiger partial charge in [0, 0.05) is 12.3 Å². The number of rotatable bonds is 9. The van der Waals surface area contributed by atoms with Gasteiger partial charge in [0.1, 0.15) is 0 Å². The average molecular weight is 309 g/mol. The highest BCUT2D eigenvalue weighted by Crippen LogP contribution is 2.31. The topological polar surface area (TPSA) is 66.4 Å². The molecule has 0 aromatic rings. The minimum Gasteiger partial charge on any atom is -0.316 e. The average Bonchev–Trinajstić information content (AvgIpc) is 2.31. The first kappa shape index (κ1) is 17.3. The van der Waals surface area contributed by atoms with Crippen molar-refractivity contribution >= 4 is 19.9 Å². The molecule has 2 unspecified atom stereocenters. The SMILES string of the molecule is CC1CCCC(CCCCNCCSS(=O)(=O)O)C1. The fourth-order valence-electron chi connectivity index (χ4n) is 2.85. The summed E-state index contributed by atoms with van der Waals surface area (Å²) in [5, 5.41) is 3.21. The fraction of sp³-hybridized carbons (Fsp3) is 1.00. The van der Waals surface area contributed by atoms with Crippen molar-refractivity contribution in [3.05, 3.63) is 0 Å². The predicted molar refractivity (Wildman–Crippen MR) is 81.8 cm³/mol. The van der Waals surface area contributed by atoms with E-state index in [4.69, 9.17) is 4.55 Å². The van der Waals surface area contributed by atoms with Crippen LogP contribution in [-0.4, -0.2) is 31.8 Å². The zero-order valence-corrected chi connectivity index (χ0v) is 13.4. The molecule has 1 fully saturated rings. The molecule has 0 amide bonds. The molecule has 0 aromatic heterocycles. The van der Waals surface area contributed by atoms with E-state index in [1.165, 1.54) is 38.5 Å². The highest BCUT2D eigenvalue weighted by Gasteiger charge is 2.17. The molecule has 1 saturated carbocycles. The molecular formula is C13H27NO3S2. The van der Waals surface area contributed by atoms with E-state index in [1.807, 2.05) is 0 Å². The summed E-state index contributed by atoms with van der Waals surface area (Å²) in [6.45, 7) is 3.93. The summed E-state index contributed by atoms with van der Waals surface area (Å²) in [5.74, 6) is 2.24. The van der Waals surface area contributed by atoms with Crippen LogP contribution in [0.15, 0.2) is 0 Å². The van der Waals surface area contributed by atoms with Crippen molar-refractivity contribution in [1.29, 1.82) is 0 Å². The molecule has 6 heteroatoms. The second kappa shape index (κ2) is 9.21. The Morgan fingerprint density at radius 2 is 2.05 bits per heavy atom. The number of unbranched alkanes of at least 4 members (excludes halogenated alkanes) is 1. The summed E-state index contributed by atoms with van der Waals surface area (Å²) in [6.07, 6.45) is 9.37. The Bertz CT molecular complexity index is 333. The van der Waals surface area contributed by atoms with E-state index in [2.05, 4.69) is 12.2 Å². The van der Waals surface area contributed by atoms with Crippen LogP contribution in [0.1, 0.15) is 51.9 Å². The van der Waals surface area contributed by atoms with Crippen molar-refractivity contribution in [1.82, 2.24) is 5.32 Å². The zero-order chi connectivity index (χ0) is 14.1. The molecule has 0 aliphatic heterocycles. The minimum absolute atomic E-state index is 0.402. The summed E-state index contributed by atoms with van der Waals surface area (Å²) in [6, 6.07) is 0. The lowest BCUT2D eigenvalue weighted by Gasteiger charge is -2.26. The molecular weight excluding hydrogens is 282 g/mol. The Balaban J connectivity index is 1.88. The largest absolute Gasteiger partial charge is 0.319 e. The third kappa shape index (κ3) is 9.71. The smallest absolute Gasteiger partial charge is 0.316 e. The van der Waals surface area contributed by atoms with Crippen molar-refractivity contribution in [2.75, 3.05) is 18.8 Å². The van der Waals surface area contributed by atoms with Gasteiger partial charge in [-0.15, -0.1) is 0 Å². The molecule has 2 N–H and O–H groups in total.